The maximum Gasteiger partial charge on any atom is 0.244 e. The van der Waals surface area contributed by atoms with Gasteiger partial charge in [-0.3, -0.25) is 0 Å². The van der Waals surface area contributed by atoms with Crippen LogP contribution in [0.2, 0.25) is 10.0 Å². The Labute approximate surface area is 128 Å². The minimum absolute atomic E-state index is 0.0122. The van der Waals surface area contributed by atoms with Crippen LogP contribution in [0.3, 0.4) is 0 Å². The lowest BCUT2D eigenvalue weighted by Gasteiger charge is -2.34. The molecule has 1 saturated heterocycles. The van der Waals surface area contributed by atoms with E-state index in [-0.39, 0.29) is 15.6 Å². The third kappa shape index (κ3) is 3.38. The summed E-state index contributed by atoms with van der Waals surface area (Å²) in [5, 5.41) is 0.307. The molecule has 0 radical (unpaired) electrons. The Kier molecular flexibility index (Phi) is 4.51. The Hall–Kier alpha value is -0.530. The Balaban J connectivity index is 2.36. The van der Waals surface area contributed by atoms with Gasteiger partial charge in [-0.1, -0.05) is 23.2 Å². The van der Waals surface area contributed by atoms with Crippen molar-refractivity contribution in [2.75, 3.05) is 18.9 Å². The van der Waals surface area contributed by atoms with Crippen molar-refractivity contribution in [3.8, 4) is 0 Å². The van der Waals surface area contributed by atoms with Crippen LogP contribution in [-0.4, -0.2) is 27.2 Å². The Morgan fingerprint density at radius 1 is 1.30 bits per heavy atom. The molecule has 0 unspecified atom stereocenters. The zero-order chi connectivity index (χ0) is 15.0. The number of nitrogens with one attached hydrogen (secondary N) is 1. The molecule has 5 nitrogen and oxygen atoms in total. The Bertz CT molecular complexity index is 590. The average molecular weight is 339 g/mol. The first kappa shape index (κ1) is 15.9. The minimum atomic E-state index is -3.82. The summed E-state index contributed by atoms with van der Waals surface area (Å²) in [5.74, 6) is 0. The minimum Gasteiger partial charge on any atom is -0.398 e. The van der Waals surface area contributed by atoms with Crippen LogP contribution in [0.5, 0.6) is 0 Å². The topological polar surface area (TPSA) is 81.4 Å². The van der Waals surface area contributed by atoms with Crippen molar-refractivity contribution in [2.45, 2.75) is 30.2 Å². The van der Waals surface area contributed by atoms with Gasteiger partial charge in [-0.15, -0.1) is 0 Å². The number of sulfonamides is 1. The van der Waals surface area contributed by atoms with E-state index in [9.17, 15) is 8.42 Å². The number of halogens is 2. The standard InChI is InChI=1S/C12H16Cl2N2O3S/c1-12(2-4-19-5-3-12)16-20(17,18)11-9(14)6-8(13)7-10(11)15/h6-7,16H,2-5,15H2,1H3. The fourth-order valence-corrected chi connectivity index (χ4v) is 4.62. The van der Waals surface area contributed by atoms with Crippen molar-refractivity contribution in [3.05, 3.63) is 22.2 Å². The first-order valence-corrected chi connectivity index (χ1v) is 8.34. The number of benzene rings is 1. The first-order chi connectivity index (χ1) is 9.23. The number of rotatable bonds is 3. The number of nitrogen functional groups attached to an aromatic ring is 1. The maximum atomic E-state index is 12.5. The van der Waals surface area contributed by atoms with Gasteiger partial charge >= 0.3 is 0 Å². The summed E-state index contributed by atoms with van der Waals surface area (Å²) in [6.45, 7) is 2.87. The van der Waals surface area contributed by atoms with E-state index >= 15 is 0 Å². The predicted octanol–water partition coefficient (Wildman–Crippen LogP) is 2.42. The van der Waals surface area contributed by atoms with Crippen LogP contribution >= 0.6 is 23.2 Å². The van der Waals surface area contributed by atoms with Crippen LogP contribution in [0, 0.1) is 0 Å². The molecular formula is C12H16Cl2N2O3S. The number of hydrogen-bond donors (Lipinski definition) is 2. The van der Waals surface area contributed by atoms with Gasteiger partial charge < -0.3 is 10.5 Å². The molecule has 1 aliphatic rings. The van der Waals surface area contributed by atoms with Gasteiger partial charge in [0, 0.05) is 23.8 Å². The third-order valence-corrected chi connectivity index (χ3v) is 5.67. The van der Waals surface area contributed by atoms with Crippen molar-refractivity contribution in [1.29, 1.82) is 0 Å². The lowest BCUT2D eigenvalue weighted by atomic mass is 9.94. The van der Waals surface area contributed by atoms with Crippen LogP contribution < -0.4 is 10.5 Å². The molecule has 0 aromatic heterocycles. The number of nitrogens with two attached hydrogens (primary N) is 1. The van der Waals surface area contributed by atoms with Crippen LogP contribution in [0.1, 0.15) is 19.8 Å². The molecule has 1 aliphatic heterocycles. The fourth-order valence-electron chi connectivity index (χ4n) is 2.16. The summed E-state index contributed by atoms with van der Waals surface area (Å²) in [6, 6.07) is 2.73. The summed E-state index contributed by atoms with van der Waals surface area (Å²) < 4.78 is 32.9. The van der Waals surface area contributed by atoms with Crippen molar-refractivity contribution >= 4 is 38.9 Å². The normalized spacial score (nSPS) is 18.9. The molecular weight excluding hydrogens is 323 g/mol. The predicted molar refractivity (Wildman–Crippen MR) is 79.7 cm³/mol. The second kappa shape index (κ2) is 5.69. The molecule has 1 fully saturated rings. The largest absolute Gasteiger partial charge is 0.398 e. The molecule has 0 spiro atoms. The van der Waals surface area contributed by atoms with Gasteiger partial charge in [0.1, 0.15) is 4.90 Å². The highest BCUT2D eigenvalue weighted by Gasteiger charge is 2.34. The summed E-state index contributed by atoms with van der Waals surface area (Å²) >= 11 is 11.8. The average Bonchev–Trinajstić information content (AvgIpc) is 2.25. The molecule has 8 heteroatoms. The number of anilines is 1. The lowest BCUT2D eigenvalue weighted by molar-refractivity contribution is 0.0537. The van der Waals surface area contributed by atoms with Gasteiger partial charge in [-0.2, -0.15) is 0 Å². The smallest absolute Gasteiger partial charge is 0.244 e. The van der Waals surface area contributed by atoms with Gasteiger partial charge in [0.2, 0.25) is 10.0 Å². The molecule has 1 aromatic rings. The van der Waals surface area contributed by atoms with Crippen LogP contribution in [-0.2, 0) is 14.8 Å². The molecule has 0 atom stereocenters. The molecule has 1 aromatic carbocycles. The van der Waals surface area contributed by atoms with E-state index in [0.29, 0.717) is 31.1 Å². The molecule has 0 aliphatic carbocycles. The van der Waals surface area contributed by atoms with E-state index in [2.05, 4.69) is 4.72 Å². The van der Waals surface area contributed by atoms with E-state index in [1.165, 1.54) is 12.1 Å². The second-order valence-corrected chi connectivity index (χ2v) is 7.55. The van der Waals surface area contributed by atoms with Crippen LogP contribution in [0.15, 0.2) is 17.0 Å². The van der Waals surface area contributed by atoms with E-state index in [1.807, 2.05) is 6.92 Å². The first-order valence-electron chi connectivity index (χ1n) is 6.10. The van der Waals surface area contributed by atoms with Crippen molar-refractivity contribution in [1.82, 2.24) is 4.72 Å². The maximum absolute atomic E-state index is 12.5. The highest BCUT2D eigenvalue weighted by molar-refractivity contribution is 7.89. The highest BCUT2D eigenvalue weighted by atomic mass is 35.5. The molecule has 1 heterocycles. The fraction of sp³-hybridized carbons (Fsp3) is 0.500. The molecule has 112 valence electrons. The summed E-state index contributed by atoms with van der Waals surface area (Å²) in [7, 11) is -3.82. The zero-order valence-electron chi connectivity index (χ0n) is 10.9. The van der Waals surface area contributed by atoms with Crippen molar-refractivity contribution in [2.24, 2.45) is 0 Å². The van der Waals surface area contributed by atoms with Crippen molar-refractivity contribution in [3.63, 3.8) is 0 Å². The van der Waals surface area contributed by atoms with E-state index in [0.717, 1.165) is 0 Å². The summed E-state index contributed by atoms with van der Waals surface area (Å²) in [6.07, 6.45) is 1.19. The van der Waals surface area contributed by atoms with E-state index in [1.54, 1.807) is 0 Å². The van der Waals surface area contributed by atoms with Crippen LogP contribution in [0.4, 0.5) is 5.69 Å². The summed E-state index contributed by atoms with van der Waals surface area (Å²) in [4.78, 5) is -0.128. The van der Waals surface area contributed by atoms with Gasteiger partial charge in [0.15, 0.2) is 0 Å². The van der Waals surface area contributed by atoms with E-state index in [4.69, 9.17) is 33.7 Å². The van der Waals surface area contributed by atoms with Gasteiger partial charge in [-0.05, 0) is 31.9 Å². The second-order valence-electron chi connectivity index (χ2n) is 5.08. The van der Waals surface area contributed by atoms with E-state index < -0.39 is 15.6 Å². The Morgan fingerprint density at radius 3 is 2.45 bits per heavy atom. The van der Waals surface area contributed by atoms with Gasteiger partial charge in [0.05, 0.1) is 10.7 Å². The summed E-state index contributed by atoms with van der Waals surface area (Å²) in [5.41, 5.74) is 5.21. The zero-order valence-corrected chi connectivity index (χ0v) is 13.3. The molecule has 0 saturated carbocycles. The number of hydrogen-bond acceptors (Lipinski definition) is 4. The lowest BCUT2D eigenvalue weighted by Crippen LogP contribution is -2.49. The molecule has 3 N–H and O–H groups in total. The quantitative estimate of drug-likeness (QED) is 0.829. The Morgan fingerprint density at radius 2 is 1.90 bits per heavy atom. The number of ether oxygens (including phenoxy) is 1. The van der Waals surface area contributed by atoms with Gasteiger partial charge in [-0.25, -0.2) is 13.1 Å². The molecule has 0 bridgehead atoms. The van der Waals surface area contributed by atoms with Crippen LogP contribution in [0.25, 0.3) is 0 Å². The third-order valence-electron chi connectivity index (χ3n) is 3.28. The molecule has 0 amide bonds. The van der Waals surface area contributed by atoms with Crippen molar-refractivity contribution < 1.29 is 13.2 Å². The SMILES string of the molecule is CC1(NS(=O)(=O)c2c(N)cc(Cl)cc2Cl)CCOCC1. The van der Waals surface area contributed by atoms with Gasteiger partial charge in [0.25, 0.3) is 0 Å². The monoisotopic (exact) mass is 338 g/mol. The molecule has 20 heavy (non-hydrogen) atoms. The highest BCUT2D eigenvalue weighted by Crippen LogP contribution is 2.32. The molecule has 2 rings (SSSR count).